The van der Waals surface area contributed by atoms with Crippen LogP contribution in [0.5, 0.6) is 0 Å². The Balaban J connectivity index is 1.98. The Hall–Kier alpha value is -1.79. The van der Waals surface area contributed by atoms with Gasteiger partial charge in [-0.25, -0.2) is 5.43 Å². The number of carbonyl (C=O) groups is 1. The minimum Gasteiger partial charge on any atom is -0.266 e. The number of hydrogen-bond acceptors (Lipinski definition) is 5. The Labute approximate surface area is 113 Å². The van der Waals surface area contributed by atoms with Gasteiger partial charge in [-0.3, -0.25) is 4.79 Å². The third kappa shape index (κ3) is 3.12. The summed E-state index contributed by atoms with van der Waals surface area (Å²) in [6, 6.07) is 7.11. The van der Waals surface area contributed by atoms with Gasteiger partial charge in [-0.05, 0) is 36.2 Å². The maximum atomic E-state index is 11.7. The summed E-state index contributed by atoms with van der Waals surface area (Å²) in [4.78, 5) is 12.1. The Morgan fingerprint density at radius 1 is 1.44 bits per heavy atom. The van der Waals surface area contributed by atoms with Gasteiger partial charge in [-0.2, -0.15) is 5.10 Å². The van der Waals surface area contributed by atoms with Crippen LogP contribution in [0.3, 0.4) is 0 Å². The zero-order valence-corrected chi connectivity index (χ0v) is 11.0. The topological polar surface area (TPSA) is 67.2 Å². The second-order valence-corrected chi connectivity index (χ2v) is 4.63. The van der Waals surface area contributed by atoms with E-state index in [-0.39, 0.29) is 5.91 Å². The molecule has 1 heterocycles. The molecule has 7 heteroatoms. The predicted molar refractivity (Wildman–Crippen MR) is 71.2 cm³/mol. The molecule has 1 aromatic carbocycles. The Morgan fingerprint density at radius 2 is 2.17 bits per heavy atom. The molecule has 1 N–H and O–H groups in total. The van der Waals surface area contributed by atoms with Crippen LogP contribution >= 0.6 is 23.1 Å². The summed E-state index contributed by atoms with van der Waals surface area (Å²) in [5, 5.41) is 8.26. The molecule has 0 bridgehead atoms. The molecule has 0 fully saturated rings. The van der Waals surface area contributed by atoms with E-state index in [0.717, 1.165) is 17.1 Å². The molecule has 1 aromatic heterocycles. The van der Waals surface area contributed by atoms with Crippen LogP contribution in [0, 0.1) is 6.92 Å². The maximum absolute atomic E-state index is 11.7. The van der Waals surface area contributed by atoms with Gasteiger partial charge >= 0.3 is 0 Å². The number of amides is 1. The summed E-state index contributed by atoms with van der Waals surface area (Å²) in [5.41, 5.74) is 3.86. The van der Waals surface area contributed by atoms with Gasteiger partial charge in [-0.1, -0.05) is 28.2 Å². The van der Waals surface area contributed by atoms with Gasteiger partial charge < -0.3 is 0 Å². The van der Waals surface area contributed by atoms with Crippen molar-refractivity contribution in [1.29, 1.82) is 0 Å². The first-order valence-electron chi connectivity index (χ1n) is 5.05. The highest BCUT2D eigenvalue weighted by atomic mass is 35.5. The van der Waals surface area contributed by atoms with Gasteiger partial charge in [0.05, 0.1) is 11.9 Å². The van der Waals surface area contributed by atoms with Crippen LogP contribution in [0.4, 0.5) is 0 Å². The molecule has 0 radical (unpaired) electrons. The average molecular weight is 281 g/mol. The summed E-state index contributed by atoms with van der Waals surface area (Å²) in [7, 11) is 0. The molecule has 2 aromatic rings. The van der Waals surface area contributed by atoms with Crippen LogP contribution in [0.1, 0.15) is 20.9 Å². The highest BCUT2D eigenvalue weighted by Gasteiger charge is 2.11. The number of nitrogens with zero attached hydrogens (tertiary/aromatic N) is 3. The van der Waals surface area contributed by atoms with Gasteiger partial charge in [0.15, 0.2) is 0 Å². The van der Waals surface area contributed by atoms with Crippen molar-refractivity contribution in [3.8, 4) is 0 Å². The molecule has 0 unspecified atom stereocenters. The Bertz CT molecular complexity index is 579. The first-order valence-corrected chi connectivity index (χ1v) is 6.20. The molecule has 0 aliphatic carbocycles. The maximum Gasteiger partial charge on any atom is 0.285 e. The fraction of sp³-hybridized carbons (Fsp3) is 0.0909. The molecule has 0 aliphatic rings. The summed E-state index contributed by atoms with van der Waals surface area (Å²) < 4.78 is 3.68. The molecular weight excluding hydrogens is 272 g/mol. The van der Waals surface area contributed by atoms with Gasteiger partial charge in [0.25, 0.3) is 5.91 Å². The lowest BCUT2D eigenvalue weighted by Crippen LogP contribution is -2.17. The van der Waals surface area contributed by atoms with E-state index >= 15 is 0 Å². The lowest BCUT2D eigenvalue weighted by Gasteiger charge is -1.96. The fourth-order valence-corrected chi connectivity index (χ4v) is 1.88. The fourth-order valence-electron chi connectivity index (χ4n) is 1.20. The summed E-state index contributed by atoms with van der Waals surface area (Å²) in [5.74, 6) is -0.312. The van der Waals surface area contributed by atoms with Gasteiger partial charge in [0.2, 0.25) is 0 Å². The average Bonchev–Trinajstić information content (AvgIpc) is 2.78. The molecule has 0 aliphatic heterocycles. The number of halogens is 1. The largest absolute Gasteiger partial charge is 0.285 e. The molecule has 5 nitrogen and oxygen atoms in total. The van der Waals surface area contributed by atoms with Crippen molar-refractivity contribution in [2.45, 2.75) is 6.92 Å². The number of hydrogen-bond donors (Lipinski definition) is 1. The van der Waals surface area contributed by atoms with E-state index in [9.17, 15) is 4.79 Å². The lowest BCUT2D eigenvalue weighted by atomic mass is 10.2. The lowest BCUT2D eigenvalue weighted by molar-refractivity contribution is 0.0958. The number of nitrogens with one attached hydrogen (secondary N) is 1. The third-order valence-electron chi connectivity index (χ3n) is 2.11. The predicted octanol–water partition coefficient (Wildman–Crippen LogP) is 2.26. The highest BCUT2D eigenvalue weighted by molar-refractivity contribution is 7.07. The first kappa shape index (κ1) is 12.7. The summed E-state index contributed by atoms with van der Waals surface area (Å²) in [6.45, 7) is 1.72. The normalized spacial score (nSPS) is 10.8. The summed E-state index contributed by atoms with van der Waals surface area (Å²) >= 11 is 6.80. The van der Waals surface area contributed by atoms with E-state index in [4.69, 9.17) is 11.6 Å². The minimum atomic E-state index is -0.312. The number of hydrazone groups is 1. The van der Waals surface area contributed by atoms with Gasteiger partial charge in [-0.15, -0.1) is 5.10 Å². The monoisotopic (exact) mass is 280 g/mol. The summed E-state index contributed by atoms with van der Waals surface area (Å²) in [6.07, 6.45) is 1.54. The molecule has 18 heavy (non-hydrogen) atoms. The number of carbonyl (C=O) groups excluding carboxylic acids is 1. The smallest absolute Gasteiger partial charge is 0.266 e. The van der Waals surface area contributed by atoms with Crippen LogP contribution in [0.2, 0.25) is 5.02 Å². The number of aromatic nitrogens is 2. The second-order valence-electron chi connectivity index (χ2n) is 3.44. The molecule has 0 spiro atoms. The van der Waals surface area contributed by atoms with Gasteiger partial charge in [0.1, 0.15) is 4.88 Å². The van der Waals surface area contributed by atoms with Crippen molar-refractivity contribution in [2.24, 2.45) is 5.10 Å². The third-order valence-corrected chi connectivity index (χ3v) is 3.19. The van der Waals surface area contributed by atoms with E-state index in [1.807, 2.05) is 0 Å². The van der Waals surface area contributed by atoms with Crippen molar-refractivity contribution in [3.05, 3.63) is 45.4 Å². The molecule has 1 amide bonds. The van der Waals surface area contributed by atoms with Crippen LogP contribution in [0.25, 0.3) is 0 Å². The zero-order chi connectivity index (χ0) is 13.0. The van der Waals surface area contributed by atoms with Crippen molar-refractivity contribution in [1.82, 2.24) is 15.0 Å². The molecule has 0 atom stereocenters. The quantitative estimate of drug-likeness (QED) is 0.693. The van der Waals surface area contributed by atoms with E-state index in [0.29, 0.717) is 15.6 Å². The Morgan fingerprint density at radius 3 is 2.78 bits per heavy atom. The van der Waals surface area contributed by atoms with E-state index < -0.39 is 0 Å². The molecular formula is C11H9ClN4OS. The van der Waals surface area contributed by atoms with Crippen LogP contribution in [0.15, 0.2) is 29.4 Å². The Kier molecular flexibility index (Phi) is 4.01. The van der Waals surface area contributed by atoms with E-state index in [1.165, 1.54) is 6.21 Å². The highest BCUT2D eigenvalue weighted by Crippen LogP contribution is 2.09. The molecule has 2 rings (SSSR count). The zero-order valence-electron chi connectivity index (χ0n) is 9.42. The molecule has 0 saturated heterocycles. The first-order chi connectivity index (χ1) is 8.66. The van der Waals surface area contributed by atoms with Crippen molar-refractivity contribution in [3.63, 3.8) is 0 Å². The van der Waals surface area contributed by atoms with Crippen LogP contribution in [-0.2, 0) is 0 Å². The standard InChI is InChI=1S/C11H9ClN4OS/c1-7-10(18-16-14-7)11(17)15-13-6-8-2-4-9(12)5-3-8/h2-6H,1H3,(H,15,17)/b13-6+. The number of rotatable bonds is 3. The van der Waals surface area contributed by atoms with Gasteiger partial charge in [0, 0.05) is 5.02 Å². The van der Waals surface area contributed by atoms with E-state index in [2.05, 4.69) is 20.1 Å². The van der Waals surface area contributed by atoms with Crippen molar-refractivity contribution >= 4 is 35.3 Å². The van der Waals surface area contributed by atoms with Crippen molar-refractivity contribution in [2.75, 3.05) is 0 Å². The second kappa shape index (κ2) is 5.70. The minimum absolute atomic E-state index is 0.312. The SMILES string of the molecule is Cc1nnsc1C(=O)N/N=C/c1ccc(Cl)cc1. The number of aryl methyl sites for hydroxylation is 1. The number of benzene rings is 1. The van der Waals surface area contributed by atoms with E-state index in [1.54, 1.807) is 31.2 Å². The van der Waals surface area contributed by atoms with Crippen molar-refractivity contribution < 1.29 is 4.79 Å². The molecule has 92 valence electrons. The van der Waals surface area contributed by atoms with Crippen LogP contribution in [-0.4, -0.2) is 21.7 Å². The van der Waals surface area contributed by atoms with Crippen LogP contribution < -0.4 is 5.43 Å². The molecule has 0 saturated carbocycles.